The van der Waals surface area contributed by atoms with Crippen molar-refractivity contribution in [3.05, 3.63) is 0 Å². The number of carboxylic acids is 1. The van der Waals surface area contributed by atoms with Gasteiger partial charge in [0.25, 0.3) is 0 Å². The van der Waals surface area contributed by atoms with Crippen LogP contribution in [0.5, 0.6) is 0 Å². The van der Waals surface area contributed by atoms with Gasteiger partial charge in [-0.25, -0.2) is 9.59 Å². The predicted molar refractivity (Wildman–Crippen MR) is 73.3 cm³/mol. The highest BCUT2D eigenvalue weighted by Gasteiger charge is 2.43. The van der Waals surface area contributed by atoms with Crippen LogP contribution in [0.1, 0.15) is 45.4 Å². The number of nitrogens with one attached hydrogen (secondary N) is 1. The lowest BCUT2D eigenvalue weighted by Crippen LogP contribution is -2.60. The van der Waals surface area contributed by atoms with E-state index in [0.717, 1.165) is 12.8 Å². The van der Waals surface area contributed by atoms with E-state index in [2.05, 4.69) is 12.2 Å². The maximum atomic E-state index is 12.2. The zero-order valence-electron chi connectivity index (χ0n) is 12.0. The van der Waals surface area contributed by atoms with Crippen LogP contribution >= 0.6 is 0 Å². The summed E-state index contributed by atoms with van der Waals surface area (Å²) in [7, 11) is 0. The molecule has 6 heteroatoms. The molecule has 1 heterocycles. The number of carboxylic acid groups (broad SMARTS) is 1. The molecule has 0 bridgehead atoms. The number of carbonyl (C=O) groups is 2. The number of likely N-dealkylation sites (tertiary alicyclic amines) is 1. The largest absolute Gasteiger partial charge is 0.480 e. The summed E-state index contributed by atoms with van der Waals surface area (Å²) < 4.78 is 0. The van der Waals surface area contributed by atoms with Crippen LogP contribution in [0.4, 0.5) is 4.79 Å². The van der Waals surface area contributed by atoms with E-state index in [1.165, 1.54) is 0 Å². The van der Waals surface area contributed by atoms with Crippen LogP contribution in [-0.2, 0) is 4.79 Å². The number of urea groups is 1. The maximum absolute atomic E-state index is 12.2. The molecule has 0 atom stereocenters. The van der Waals surface area contributed by atoms with Gasteiger partial charge in [0.1, 0.15) is 5.54 Å². The zero-order valence-corrected chi connectivity index (χ0v) is 12.0. The van der Waals surface area contributed by atoms with Crippen molar-refractivity contribution in [1.82, 2.24) is 10.2 Å². The van der Waals surface area contributed by atoms with Crippen LogP contribution < -0.4 is 5.32 Å². The predicted octanol–water partition coefficient (Wildman–Crippen LogP) is 1.19. The van der Waals surface area contributed by atoms with Crippen LogP contribution in [0, 0.1) is 5.92 Å². The molecule has 1 saturated carbocycles. The summed E-state index contributed by atoms with van der Waals surface area (Å²) in [5, 5.41) is 21.7. The first-order valence-corrected chi connectivity index (χ1v) is 7.41. The van der Waals surface area contributed by atoms with Gasteiger partial charge in [-0.3, -0.25) is 0 Å². The van der Waals surface area contributed by atoms with Gasteiger partial charge >= 0.3 is 12.0 Å². The van der Waals surface area contributed by atoms with Crippen molar-refractivity contribution in [2.75, 3.05) is 13.1 Å². The summed E-state index contributed by atoms with van der Waals surface area (Å²) in [5.41, 5.74) is -1.11. The number of nitrogens with zero attached hydrogens (tertiary/aromatic N) is 1. The molecule has 3 N–H and O–H groups in total. The highest BCUT2D eigenvalue weighted by molar-refractivity contribution is 5.86. The Morgan fingerprint density at radius 2 is 1.70 bits per heavy atom. The Kier molecular flexibility index (Phi) is 4.52. The minimum Gasteiger partial charge on any atom is -0.480 e. The first kappa shape index (κ1) is 15.1. The van der Waals surface area contributed by atoms with E-state index in [1.54, 1.807) is 4.90 Å². The monoisotopic (exact) mass is 284 g/mol. The molecule has 2 aliphatic rings. The molecule has 2 amide bonds. The number of aliphatic hydroxyl groups is 1. The van der Waals surface area contributed by atoms with Gasteiger partial charge in [0.15, 0.2) is 0 Å². The normalized spacial score (nSPS) is 31.9. The van der Waals surface area contributed by atoms with Crippen LogP contribution in [0.15, 0.2) is 0 Å². The molecular weight excluding hydrogens is 260 g/mol. The fourth-order valence-electron chi connectivity index (χ4n) is 3.00. The Morgan fingerprint density at radius 3 is 2.20 bits per heavy atom. The van der Waals surface area contributed by atoms with Gasteiger partial charge in [-0.1, -0.05) is 6.92 Å². The van der Waals surface area contributed by atoms with E-state index >= 15 is 0 Å². The second kappa shape index (κ2) is 5.99. The van der Waals surface area contributed by atoms with Crippen molar-refractivity contribution >= 4 is 12.0 Å². The lowest BCUT2D eigenvalue weighted by molar-refractivity contribution is -0.146. The van der Waals surface area contributed by atoms with Crippen molar-refractivity contribution in [2.24, 2.45) is 5.92 Å². The number of rotatable bonds is 2. The lowest BCUT2D eigenvalue weighted by Gasteiger charge is -2.39. The van der Waals surface area contributed by atoms with Gasteiger partial charge in [-0.15, -0.1) is 0 Å². The highest BCUT2D eigenvalue weighted by Crippen LogP contribution is 2.32. The second-order valence-electron chi connectivity index (χ2n) is 6.22. The van der Waals surface area contributed by atoms with Crippen LogP contribution in [0.25, 0.3) is 0 Å². The van der Waals surface area contributed by atoms with E-state index in [-0.39, 0.29) is 12.1 Å². The average Bonchev–Trinajstić information content (AvgIpc) is 2.42. The number of aliphatic carboxylic acids is 1. The summed E-state index contributed by atoms with van der Waals surface area (Å²) in [6.45, 7) is 3.08. The van der Waals surface area contributed by atoms with Crippen LogP contribution in [0.2, 0.25) is 0 Å². The molecule has 2 fully saturated rings. The van der Waals surface area contributed by atoms with Crippen molar-refractivity contribution in [3.63, 3.8) is 0 Å². The molecule has 20 heavy (non-hydrogen) atoms. The molecule has 0 aromatic heterocycles. The third-order valence-electron chi connectivity index (χ3n) is 4.64. The molecule has 0 aromatic carbocycles. The fraction of sp³-hybridized carbons (Fsp3) is 0.857. The van der Waals surface area contributed by atoms with Crippen molar-refractivity contribution in [3.8, 4) is 0 Å². The smallest absolute Gasteiger partial charge is 0.329 e. The van der Waals surface area contributed by atoms with E-state index in [0.29, 0.717) is 44.7 Å². The number of piperidine rings is 1. The number of carbonyl (C=O) groups excluding carboxylic acids is 1. The number of hydrogen-bond acceptors (Lipinski definition) is 3. The number of hydrogen-bond donors (Lipinski definition) is 3. The SMILES string of the molecule is CC1CCC(NC(=O)N2CCC(O)CC2)(C(=O)O)CC1. The minimum absolute atomic E-state index is 0.311. The van der Waals surface area contributed by atoms with Crippen LogP contribution in [-0.4, -0.2) is 51.8 Å². The standard InChI is InChI=1S/C14H24N2O4/c1-10-2-6-14(7-3-10,12(18)19)15-13(20)16-8-4-11(17)5-9-16/h10-11,17H,2-9H2,1H3,(H,15,20)(H,18,19). The van der Waals surface area contributed by atoms with E-state index in [9.17, 15) is 19.8 Å². The Hall–Kier alpha value is -1.30. The quantitative estimate of drug-likeness (QED) is 0.710. The molecule has 0 unspecified atom stereocenters. The molecule has 1 aliphatic carbocycles. The molecule has 0 radical (unpaired) electrons. The van der Waals surface area contributed by atoms with E-state index in [1.807, 2.05) is 0 Å². The lowest BCUT2D eigenvalue weighted by atomic mass is 9.77. The molecular formula is C14H24N2O4. The molecule has 1 saturated heterocycles. The van der Waals surface area contributed by atoms with Crippen molar-refractivity contribution in [2.45, 2.75) is 57.1 Å². The van der Waals surface area contributed by atoms with Crippen LogP contribution in [0.3, 0.4) is 0 Å². The molecule has 1 aliphatic heterocycles. The van der Waals surface area contributed by atoms with E-state index < -0.39 is 11.5 Å². The Balaban J connectivity index is 1.98. The third kappa shape index (κ3) is 3.23. The van der Waals surface area contributed by atoms with Crippen molar-refractivity contribution in [1.29, 1.82) is 0 Å². The molecule has 2 rings (SSSR count). The second-order valence-corrected chi connectivity index (χ2v) is 6.22. The number of aliphatic hydroxyl groups excluding tert-OH is 1. The first-order valence-electron chi connectivity index (χ1n) is 7.41. The maximum Gasteiger partial charge on any atom is 0.329 e. The van der Waals surface area contributed by atoms with Gasteiger partial charge in [-0.05, 0) is 44.4 Å². The Bertz CT molecular complexity index is 369. The van der Waals surface area contributed by atoms with Gasteiger partial charge < -0.3 is 20.4 Å². The van der Waals surface area contributed by atoms with Crippen molar-refractivity contribution < 1.29 is 19.8 Å². The van der Waals surface area contributed by atoms with Gasteiger partial charge in [0.2, 0.25) is 0 Å². The number of amides is 2. The minimum atomic E-state index is -1.11. The molecule has 0 spiro atoms. The first-order chi connectivity index (χ1) is 9.43. The van der Waals surface area contributed by atoms with E-state index in [4.69, 9.17) is 0 Å². The summed E-state index contributed by atoms with van der Waals surface area (Å²) in [6.07, 6.45) is 3.41. The summed E-state index contributed by atoms with van der Waals surface area (Å²) in [5.74, 6) is -0.417. The third-order valence-corrected chi connectivity index (χ3v) is 4.64. The summed E-state index contributed by atoms with van der Waals surface area (Å²) >= 11 is 0. The average molecular weight is 284 g/mol. The highest BCUT2D eigenvalue weighted by atomic mass is 16.4. The Labute approximate surface area is 119 Å². The zero-order chi connectivity index (χ0) is 14.8. The van der Waals surface area contributed by atoms with Gasteiger partial charge in [0.05, 0.1) is 6.10 Å². The van der Waals surface area contributed by atoms with Gasteiger partial charge in [0, 0.05) is 13.1 Å². The molecule has 6 nitrogen and oxygen atoms in total. The summed E-state index contributed by atoms with van der Waals surface area (Å²) in [4.78, 5) is 25.4. The summed E-state index contributed by atoms with van der Waals surface area (Å²) in [6, 6.07) is -0.311. The topological polar surface area (TPSA) is 89.9 Å². The fourth-order valence-corrected chi connectivity index (χ4v) is 3.00. The Morgan fingerprint density at radius 1 is 1.15 bits per heavy atom. The molecule has 0 aromatic rings. The van der Waals surface area contributed by atoms with Gasteiger partial charge in [-0.2, -0.15) is 0 Å². The molecule has 114 valence electrons.